The molecule has 0 unspecified atom stereocenters. The molecule has 0 spiro atoms. The Morgan fingerprint density at radius 1 is 1.28 bits per heavy atom. The number of ether oxygens (including phenoxy) is 3. The van der Waals surface area contributed by atoms with Gasteiger partial charge in [-0.3, -0.25) is 9.53 Å². The summed E-state index contributed by atoms with van der Waals surface area (Å²) in [6.07, 6.45) is -2.91. The molecule has 0 bridgehead atoms. The number of carbonyl (C=O) groups is 1. The third kappa shape index (κ3) is 7.44. The average molecular weight is 479 g/mol. The number of nitrogens with one attached hydrogen (secondary N) is 1. The lowest BCUT2D eigenvalue weighted by Crippen LogP contribution is -2.51. The van der Waals surface area contributed by atoms with Crippen molar-refractivity contribution in [2.75, 3.05) is 13.2 Å². The second kappa shape index (κ2) is 10.6. The number of alkyl halides is 3. The fourth-order valence-corrected chi connectivity index (χ4v) is 3.63. The maximum atomic E-state index is 12.2. The minimum atomic E-state index is -4.65. The normalized spacial score (nSPS) is 26.2. The fraction of sp³-hybridized carbons (Fsp3) is 0.550. The average Bonchev–Trinajstić information content (AvgIpc) is 2.69. The van der Waals surface area contributed by atoms with E-state index in [4.69, 9.17) is 32.7 Å². The first-order valence-electron chi connectivity index (χ1n) is 10.1. The van der Waals surface area contributed by atoms with Gasteiger partial charge in [-0.25, -0.2) is 5.84 Å². The summed E-state index contributed by atoms with van der Waals surface area (Å²) in [4.78, 5) is 12.1. The predicted octanol–water partition coefficient (Wildman–Crippen LogP) is 2.43. The predicted molar refractivity (Wildman–Crippen MR) is 110 cm³/mol. The molecule has 12 heteroatoms. The lowest BCUT2D eigenvalue weighted by atomic mass is 9.89. The van der Waals surface area contributed by atoms with Gasteiger partial charge in [0.15, 0.2) is 6.61 Å². The minimum Gasteiger partial charge on any atom is -0.484 e. The second-order valence-corrected chi connectivity index (χ2v) is 8.23. The van der Waals surface area contributed by atoms with Crippen LogP contribution in [0.25, 0.3) is 0 Å². The lowest BCUT2D eigenvalue weighted by molar-refractivity contribution is -0.353. The summed E-state index contributed by atoms with van der Waals surface area (Å²) in [6.45, 7) is 0.133. The molecule has 0 radical (unpaired) electrons. The molecular formula is C20H26ClF3N4O4. The van der Waals surface area contributed by atoms with E-state index in [-0.39, 0.29) is 50.2 Å². The standard InChI is InChI=1S/C20H26ClF3N4O4/c21-12-1-4-15(5-2-12)30-11-19(29)27-13-3-6-18(31-10-13)17(25)9-28(26)14-7-16(8-14)32-20(22,23)24/h1-2,4-5,9,13-14,16,18H,3,6-8,10-11,25-26H2,(H,27,29)/b17-9-/t13-,14?,16?,18+/m1/s1. The minimum absolute atomic E-state index is 0.133. The molecule has 178 valence electrons. The Balaban J connectivity index is 1.35. The summed E-state index contributed by atoms with van der Waals surface area (Å²) in [7, 11) is 0. The highest BCUT2D eigenvalue weighted by atomic mass is 35.5. The third-order valence-corrected chi connectivity index (χ3v) is 5.54. The van der Waals surface area contributed by atoms with Gasteiger partial charge in [0.1, 0.15) is 5.75 Å². The Kier molecular flexibility index (Phi) is 8.10. The van der Waals surface area contributed by atoms with E-state index in [0.717, 1.165) is 0 Å². The zero-order chi connectivity index (χ0) is 23.3. The maximum absolute atomic E-state index is 12.2. The second-order valence-electron chi connectivity index (χ2n) is 7.79. The molecule has 0 aromatic heterocycles. The van der Waals surface area contributed by atoms with Crippen molar-refractivity contribution in [1.82, 2.24) is 10.3 Å². The van der Waals surface area contributed by atoms with Crippen LogP contribution in [-0.4, -0.2) is 54.8 Å². The number of nitrogens with two attached hydrogens (primary N) is 2. The zero-order valence-corrected chi connectivity index (χ0v) is 17.9. The SMILES string of the molecule is N/C(=C\N(N)C1CC(OC(F)(F)F)C1)[C@@H]1CC[C@@H](NC(=O)COc2ccc(Cl)cc2)CO1. The van der Waals surface area contributed by atoms with E-state index < -0.39 is 12.5 Å². The van der Waals surface area contributed by atoms with Gasteiger partial charge >= 0.3 is 6.36 Å². The summed E-state index contributed by atoms with van der Waals surface area (Å²) in [5.41, 5.74) is 6.44. The summed E-state index contributed by atoms with van der Waals surface area (Å²) in [6, 6.07) is 6.23. The number of amides is 1. The first kappa shape index (κ1) is 24.4. The third-order valence-electron chi connectivity index (χ3n) is 5.29. The molecule has 8 nitrogen and oxygen atoms in total. The summed E-state index contributed by atoms with van der Waals surface area (Å²) >= 11 is 5.80. The Bertz CT molecular complexity index is 795. The van der Waals surface area contributed by atoms with E-state index in [1.807, 2.05) is 0 Å². The number of hydrogen-bond acceptors (Lipinski definition) is 7. The molecule has 1 saturated carbocycles. The fourth-order valence-electron chi connectivity index (χ4n) is 3.50. The summed E-state index contributed by atoms with van der Waals surface area (Å²) in [5, 5.41) is 4.72. The highest BCUT2D eigenvalue weighted by molar-refractivity contribution is 6.30. The molecule has 2 fully saturated rings. The van der Waals surface area contributed by atoms with Gasteiger partial charge in [-0.1, -0.05) is 11.6 Å². The van der Waals surface area contributed by atoms with Crippen molar-refractivity contribution in [1.29, 1.82) is 0 Å². The molecule has 2 aliphatic rings. The van der Waals surface area contributed by atoms with Crippen molar-refractivity contribution in [3.05, 3.63) is 41.2 Å². The van der Waals surface area contributed by atoms with Crippen molar-refractivity contribution in [2.45, 2.75) is 56.3 Å². The van der Waals surface area contributed by atoms with Gasteiger partial charge in [0.2, 0.25) is 0 Å². The number of rotatable bonds is 8. The first-order valence-corrected chi connectivity index (χ1v) is 10.5. The van der Waals surface area contributed by atoms with Crippen LogP contribution in [0.3, 0.4) is 0 Å². The number of benzene rings is 1. The highest BCUT2D eigenvalue weighted by Gasteiger charge is 2.41. The number of hydrogen-bond donors (Lipinski definition) is 3. The molecule has 1 heterocycles. The van der Waals surface area contributed by atoms with Crippen molar-refractivity contribution >= 4 is 17.5 Å². The van der Waals surface area contributed by atoms with Crippen LogP contribution in [0.2, 0.25) is 5.02 Å². The van der Waals surface area contributed by atoms with Crippen LogP contribution in [0, 0.1) is 0 Å². The van der Waals surface area contributed by atoms with E-state index in [9.17, 15) is 18.0 Å². The van der Waals surface area contributed by atoms with Gasteiger partial charge in [0.05, 0.1) is 30.6 Å². The van der Waals surface area contributed by atoms with Crippen LogP contribution in [0.1, 0.15) is 25.7 Å². The molecule has 1 aliphatic carbocycles. The molecule has 1 aliphatic heterocycles. The van der Waals surface area contributed by atoms with Gasteiger partial charge in [0.25, 0.3) is 5.91 Å². The van der Waals surface area contributed by atoms with Gasteiger partial charge < -0.3 is 25.5 Å². The molecule has 3 rings (SSSR count). The quantitative estimate of drug-likeness (QED) is 0.388. The Labute approximate surface area is 188 Å². The van der Waals surface area contributed by atoms with Crippen molar-refractivity contribution in [3.63, 3.8) is 0 Å². The van der Waals surface area contributed by atoms with Crippen LogP contribution in [0.15, 0.2) is 36.2 Å². The first-order chi connectivity index (χ1) is 15.1. The largest absolute Gasteiger partial charge is 0.522 e. The molecule has 1 aromatic rings. The number of halogens is 4. The molecular weight excluding hydrogens is 453 g/mol. The number of hydrazine groups is 1. The van der Waals surface area contributed by atoms with Crippen molar-refractivity contribution in [2.24, 2.45) is 11.6 Å². The Morgan fingerprint density at radius 3 is 2.56 bits per heavy atom. The Morgan fingerprint density at radius 2 is 1.97 bits per heavy atom. The highest BCUT2D eigenvalue weighted by Crippen LogP contribution is 2.32. The van der Waals surface area contributed by atoms with Crippen LogP contribution < -0.4 is 21.6 Å². The van der Waals surface area contributed by atoms with E-state index >= 15 is 0 Å². The smallest absolute Gasteiger partial charge is 0.484 e. The molecule has 1 saturated heterocycles. The summed E-state index contributed by atoms with van der Waals surface area (Å²) in [5.74, 6) is 6.17. The monoisotopic (exact) mass is 478 g/mol. The topological polar surface area (TPSA) is 112 Å². The number of nitrogens with zero attached hydrogens (tertiary/aromatic N) is 1. The van der Waals surface area contributed by atoms with E-state index in [1.54, 1.807) is 24.3 Å². The lowest BCUT2D eigenvalue weighted by Gasteiger charge is -2.40. The van der Waals surface area contributed by atoms with Crippen molar-refractivity contribution in [3.8, 4) is 5.75 Å². The van der Waals surface area contributed by atoms with Crippen LogP contribution in [0.5, 0.6) is 5.75 Å². The zero-order valence-electron chi connectivity index (χ0n) is 17.2. The Hall–Kier alpha value is -2.21. The van der Waals surface area contributed by atoms with Gasteiger partial charge in [-0.2, -0.15) is 0 Å². The van der Waals surface area contributed by atoms with E-state index in [2.05, 4.69) is 10.1 Å². The van der Waals surface area contributed by atoms with E-state index in [0.29, 0.717) is 29.3 Å². The van der Waals surface area contributed by atoms with E-state index in [1.165, 1.54) is 11.2 Å². The molecule has 1 amide bonds. The molecule has 5 N–H and O–H groups in total. The van der Waals surface area contributed by atoms with Crippen molar-refractivity contribution < 1.29 is 32.2 Å². The van der Waals surface area contributed by atoms with Gasteiger partial charge in [-0.05, 0) is 49.9 Å². The maximum Gasteiger partial charge on any atom is 0.522 e. The number of carbonyl (C=O) groups excluding carboxylic acids is 1. The van der Waals surface area contributed by atoms with Gasteiger partial charge in [0, 0.05) is 17.3 Å². The van der Waals surface area contributed by atoms with Crippen LogP contribution in [0.4, 0.5) is 13.2 Å². The molecule has 32 heavy (non-hydrogen) atoms. The molecule has 2 atom stereocenters. The van der Waals surface area contributed by atoms with Crippen LogP contribution >= 0.6 is 11.6 Å². The van der Waals surface area contributed by atoms with Gasteiger partial charge in [-0.15, -0.1) is 13.2 Å². The van der Waals surface area contributed by atoms with Crippen LogP contribution in [-0.2, 0) is 14.3 Å². The summed E-state index contributed by atoms with van der Waals surface area (Å²) < 4.78 is 51.7. The molecule has 1 aromatic carbocycles.